The van der Waals surface area contributed by atoms with E-state index >= 15 is 0 Å². The van der Waals surface area contributed by atoms with Crippen molar-refractivity contribution in [3.05, 3.63) is 115 Å². The fourth-order valence-electron chi connectivity index (χ4n) is 4.51. The zero-order chi connectivity index (χ0) is 26.7. The number of fused-ring (bicyclic) bond motifs is 3. The molecule has 199 valence electrons. The van der Waals surface area contributed by atoms with Crippen LogP contribution in [0.2, 0.25) is 19.6 Å². The molecule has 6 rings (SSSR count). The minimum absolute atomic E-state index is 0. The maximum atomic E-state index is 4.52. The molecular formula is C34H32IrN2SSi-2. The van der Waals surface area contributed by atoms with E-state index in [1.54, 1.807) is 5.19 Å². The molecule has 0 N–H and O–H groups in total. The molecule has 3 aromatic carbocycles. The van der Waals surface area contributed by atoms with Crippen molar-refractivity contribution in [1.29, 1.82) is 0 Å². The molecule has 39 heavy (non-hydrogen) atoms. The van der Waals surface area contributed by atoms with Crippen molar-refractivity contribution in [2.75, 3.05) is 0 Å². The van der Waals surface area contributed by atoms with Gasteiger partial charge in [-0.15, -0.1) is 59.7 Å². The van der Waals surface area contributed by atoms with Crippen LogP contribution < -0.4 is 5.19 Å². The molecule has 0 aliphatic rings. The molecule has 0 saturated carbocycles. The van der Waals surface area contributed by atoms with Gasteiger partial charge in [-0.3, -0.25) is 0 Å². The minimum Gasteiger partial charge on any atom is -0.305 e. The average molecular weight is 721 g/mol. The van der Waals surface area contributed by atoms with E-state index in [2.05, 4.69) is 98.1 Å². The van der Waals surface area contributed by atoms with Gasteiger partial charge in [0.05, 0.1) is 8.07 Å². The Hall–Kier alpha value is -2.95. The maximum Gasteiger partial charge on any atom is 0.0794 e. The zero-order valence-electron chi connectivity index (χ0n) is 23.0. The molecular weight excluding hydrogens is 689 g/mol. The monoisotopic (exact) mass is 721 g/mol. The minimum atomic E-state index is -1.37. The summed E-state index contributed by atoms with van der Waals surface area (Å²) in [5.41, 5.74) is 5.42. The van der Waals surface area contributed by atoms with Crippen molar-refractivity contribution in [2.24, 2.45) is 0 Å². The fraction of sp³-hybridized carbons (Fsp3) is 0.176. The Labute approximate surface area is 250 Å². The number of thiophene rings is 1. The Kier molecular flexibility index (Phi) is 9.29. The van der Waals surface area contributed by atoms with Gasteiger partial charge in [0.1, 0.15) is 0 Å². The summed E-state index contributed by atoms with van der Waals surface area (Å²) in [5.74, 6) is 0.534. The summed E-state index contributed by atoms with van der Waals surface area (Å²) in [6, 6.07) is 35.7. The first-order valence-corrected chi connectivity index (χ1v) is 17.4. The topological polar surface area (TPSA) is 25.8 Å². The van der Waals surface area contributed by atoms with Gasteiger partial charge in [-0.2, -0.15) is 11.3 Å². The number of aromatic nitrogens is 2. The van der Waals surface area contributed by atoms with Crippen molar-refractivity contribution < 1.29 is 20.1 Å². The summed E-state index contributed by atoms with van der Waals surface area (Å²) < 4.78 is 2.74. The Morgan fingerprint density at radius 3 is 2.15 bits per heavy atom. The van der Waals surface area contributed by atoms with Gasteiger partial charge >= 0.3 is 0 Å². The molecule has 0 bridgehead atoms. The van der Waals surface area contributed by atoms with Gasteiger partial charge in [-0.25, -0.2) is 0 Å². The molecule has 0 spiro atoms. The van der Waals surface area contributed by atoms with E-state index < -0.39 is 8.07 Å². The third-order valence-electron chi connectivity index (χ3n) is 6.63. The number of nitrogens with zero attached hydrogens (tertiary/aromatic N) is 2. The van der Waals surface area contributed by atoms with Crippen LogP contribution in [0.5, 0.6) is 0 Å². The molecule has 0 aliphatic heterocycles. The Morgan fingerprint density at radius 2 is 1.51 bits per heavy atom. The van der Waals surface area contributed by atoms with E-state index in [0.29, 0.717) is 5.92 Å². The van der Waals surface area contributed by atoms with E-state index in [-0.39, 0.29) is 20.1 Å². The van der Waals surface area contributed by atoms with Crippen LogP contribution in [-0.4, -0.2) is 18.0 Å². The normalized spacial score (nSPS) is 11.2. The van der Waals surface area contributed by atoms with Gasteiger partial charge in [0.2, 0.25) is 0 Å². The Bertz CT molecular complexity index is 1660. The van der Waals surface area contributed by atoms with Gasteiger partial charge in [0, 0.05) is 37.2 Å². The summed E-state index contributed by atoms with van der Waals surface area (Å²) in [5, 5.41) is 4.24. The molecule has 0 amide bonds. The van der Waals surface area contributed by atoms with Gasteiger partial charge < -0.3 is 9.97 Å². The van der Waals surface area contributed by atoms with Crippen LogP contribution in [0.3, 0.4) is 0 Å². The molecule has 3 heterocycles. The predicted octanol–water partition coefficient (Wildman–Crippen LogP) is 9.13. The molecule has 3 aromatic heterocycles. The van der Waals surface area contributed by atoms with Crippen LogP contribution >= 0.6 is 11.3 Å². The maximum absolute atomic E-state index is 4.52. The smallest absolute Gasteiger partial charge is 0.0794 e. The molecule has 0 fully saturated rings. The molecule has 0 atom stereocenters. The predicted molar refractivity (Wildman–Crippen MR) is 167 cm³/mol. The second-order valence-corrected chi connectivity index (χ2v) is 16.8. The van der Waals surface area contributed by atoms with E-state index in [4.69, 9.17) is 0 Å². The largest absolute Gasteiger partial charge is 0.305 e. The van der Waals surface area contributed by atoms with Gasteiger partial charge in [0.15, 0.2) is 0 Å². The second kappa shape index (κ2) is 12.5. The molecule has 2 nitrogen and oxygen atoms in total. The van der Waals surface area contributed by atoms with Crippen molar-refractivity contribution in [2.45, 2.75) is 39.4 Å². The van der Waals surface area contributed by atoms with E-state index in [1.165, 1.54) is 25.7 Å². The fourth-order valence-corrected chi connectivity index (χ4v) is 8.22. The summed E-state index contributed by atoms with van der Waals surface area (Å²) in [4.78, 5) is 8.96. The van der Waals surface area contributed by atoms with Crippen LogP contribution in [0, 0.1) is 12.1 Å². The number of benzene rings is 3. The van der Waals surface area contributed by atoms with E-state index in [1.807, 2.05) is 66.2 Å². The van der Waals surface area contributed by atoms with Crippen LogP contribution in [0.1, 0.15) is 25.3 Å². The summed E-state index contributed by atoms with van der Waals surface area (Å²) in [6.45, 7) is 11.6. The number of hydrogen-bond donors (Lipinski definition) is 0. The second-order valence-electron chi connectivity index (χ2n) is 10.8. The quantitative estimate of drug-likeness (QED) is 0.134. The van der Waals surface area contributed by atoms with Crippen molar-refractivity contribution in [3.8, 4) is 22.5 Å². The zero-order valence-corrected chi connectivity index (χ0v) is 27.2. The first-order valence-electron chi connectivity index (χ1n) is 13.0. The SMILES string of the molecule is CC(C)c1ccc(-c2[c-]cccc2)nc1.C[Si](C)(C)c1cccc2c1sc1c(-c3ccccn3)[c-]ccc12.[Ir]. The number of rotatable bonds is 4. The van der Waals surface area contributed by atoms with Crippen LogP contribution in [0.4, 0.5) is 0 Å². The number of pyridine rings is 2. The van der Waals surface area contributed by atoms with Crippen molar-refractivity contribution >= 4 is 44.8 Å². The van der Waals surface area contributed by atoms with Crippen LogP contribution in [0.15, 0.2) is 97.3 Å². The first-order chi connectivity index (χ1) is 18.3. The molecule has 0 aliphatic carbocycles. The summed E-state index contributed by atoms with van der Waals surface area (Å²) in [6.07, 6.45) is 3.80. The molecule has 0 unspecified atom stereocenters. The van der Waals surface area contributed by atoms with Crippen molar-refractivity contribution in [3.63, 3.8) is 0 Å². The van der Waals surface area contributed by atoms with Gasteiger partial charge in [-0.05, 0) is 44.2 Å². The third kappa shape index (κ3) is 6.45. The Morgan fingerprint density at radius 1 is 0.718 bits per heavy atom. The summed E-state index contributed by atoms with van der Waals surface area (Å²) in [7, 11) is -1.37. The number of hydrogen-bond acceptors (Lipinski definition) is 3. The van der Waals surface area contributed by atoms with Crippen LogP contribution in [-0.2, 0) is 20.1 Å². The first kappa shape index (κ1) is 29.0. The van der Waals surface area contributed by atoms with E-state index in [0.717, 1.165) is 22.5 Å². The van der Waals surface area contributed by atoms with Gasteiger partial charge in [-0.1, -0.05) is 81.3 Å². The molecule has 0 saturated heterocycles. The molecule has 5 heteroatoms. The average Bonchev–Trinajstić information content (AvgIpc) is 3.33. The third-order valence-corrected chi connectivity index (χ3v) is 10.1. The standard InChI is InChI=1S/C20H18NSSi.C14H14N.Ir/c1-23(2,3)18-12-7-9-15-14-8-6-10-16(19(14)22-20(15)18)17-11-4-5-13-21-17;1-11(2)13-8-9-14(15-10-13)12-6-4-3-5-7-12;/h4-9,11-13H,1-3H3;3-6,8-11H,1-2H3;/q2*-1;. The van der Waals surface area contributed by atoms with Crippen LogP contribution in [0.25, 0.3) is 42.7 Å². The van der Waals surface area contributed by atoms with E-state index in [9.17, 15) is 0 Å². The summed E-state index contributed by atoms with van der Waals surface area (Å²) >= 11 is 1.90. The van der Waals surface area contributed by atoms with Crippen molar-refractivity contribution in [1.82, 2.24) is 9.97 Å². The van der Waals surface area contributed by atoms with Gasteiger partial charge in [0.25, 0.3) is 0 Å². The molecule has 6 aromatic rings. The Balaban J connectivity index is 0.000000192. The molecule has 1 radical (unpaired) electrons.